The van der Waals surface area contributed by atoms with Gasteiger partial charge in [-0.05, 0) is 32.1 Å². The Kier molecular flexibility index (Phi) is 12.1. The quantitative estimate of drug-likeness (QED) is 0.284. The summed E-state index contributed by atoms with van der Waals surface area (Å²) in [4.78, 5) is 23.0. The molecule has 138 valence electrons. The molecule has 0 aliphatic carbocycles. The average Bonchev–Trinajstić information content (AvgIpc) is 2.97. The van der Waals surface area contributed by atoms with Gasteiger partial charge in [0.25, 0.3) is 0 Å². The molecular formula is C20H35NO3. The molecule has 1 fully saturated rings. The molecule has 1 rings (SSSR count). The van der Waals surface area contributed by atoms with Gasteiger partial charge in [-0.1, -0.05) is 57.6 Å². The summed E-state index contributed by atoms with van der Waals surface area (Å²) in [5, 5.41) is 2.75. The Balaban J connectivity index is 1.84. The van der Waals surface area contributed by atoms with Crippen molar-refractivity contribution in [2.75, 3.05) is 6.61 Å². The van der Waals surface area contributed by atoms with Crippen LogP contribution in [-0.2, 0) is 14.3 Å². The molecule has 0 spiro atoms. The van der Waals surface area contributed by atoms with Gasteiger partial charge in [0.05, 0.1) is 6.61 Å². The highest BCUT2D eigenvalue weighted by Gasteiger charge is 2.27. The normalized spacial score (nSPS) is 17.4. The van der Waals surface area contributed by atoms with Crippen LogP contribution in [0.25, 0.3) is 0 Å². The van der Waals surface area contributed by atoms with E-state index in [2.05, 4.69) is 24.4 Å². The zero-order valence-corrected chi connectivity index (χ0v) is 15.4. The van der Waals surface area contributed by atoms with Crippen LogP contribution in [0.1, 0.15) is 90.4 Å². The van der Waals surface area contributed by atoms with Crippen molar-refractivity contribution in [1.82, 2.24) is 5.32 Å². The Bertz CT molecular complexity index is 379. The third-order valence-electron chi connectivity index (χ3n) is 4.44. The van der Waals surface area contributed by atoms with Crippen molar-refractivity contribution in [3.8, 4) is 0 Å². The second-order valence-electron chi connectivity index (χ2n) is 6.70. The van der Waals surface area contributed by atoms with E-state index in [-0.39, 0.29) is 11.9 Å². The molecule has 0 aromatic rings. The van der Waals surface area contributed by atoms with Crippen molar-refractivity contribution in [3.05, 3.63) is 12.2 Å². The molecule has 1 atom stereocenters. The van der Waals surface area contributed by atoms with Gasteiger partial charge in [-0.3, -0.25) is 4.79 Å². The number of allylic oxidation sites excluding steroid dienone is 2. The lowest BCUT2D eigenvalue weighted by atomic mass is 10.1. The average molecular weight is 338 g/mol. The van der Waals surface area contributed by atoms with E-state index in [0.717, 1.165) is 12.8 Å². The smallest absolute Gasteiger partial charge is 0.328 e. The summed E-state index contributed by atoms with van der Waals surface area (Å²) in [6, 6.07) is -0.411. The predicted molar refractivity (Wildman–Crippen MR) is 97.7 cm³/mol. The zero-order valence-electron chi connectivity index (χ0n) is 15.4. The Morgan fingerprint density at radius 2 is 1.67 bits per heavy atom. The van der Waals surface area contributed by atoms with E-state index in [1.165, 1.54) is 57.8 Å². The SMILES string of the molecule is CCCCCCC=CCCCCCCCC(=O)NC1CCOC1=O. The summed E-state index contributed by atoms with van der Waals surface area (Å²) in [6.45, 7) is 2.67. The van der Waals surface area contributed by atoms with Crippen molar-refractivity contribution in [1.29, 1.82) is 0 Å². The maximum absolute atomic E-state index is 11.7. The van der Waals surface area contributed by atoms with E-state index in [0.29, 0.717) is 19.4 Å². The predicted octanol–water partition coefficient (Wildman–Crippen LogP) is 4.68. The number of ether oxygens (including phenoxy) is 1. The van der Waals surface area contributed by atoms with Crippen LogP contribution in [0.4, 0.5) is 0 Å². The first-order chi connectivity index (χ1) is 11.7. The number of carbonyl (C=O) groups is 2. The van der Waals surface area contributed by atoms with E-state index in [9.17, 15) is 9.59 Å². The van der Waals surface area contributed by atoms with Gasteiger partial charge >= 0.3 is 5.97 Å². The molecule has 1 aliphatic heterocycles. The fraction of sp³-hybridized carbons (Fsp3) is 0.800. The number of hydrogen-bond donors (Lipinski definition) is 1. The number of hydrogen-bond acceptors (Lipinski definition) is 3. The fourth-order valence-corrected chi connectivity index (χ4v) is 2.90. The van der Waals surface area contributed by atoms with Gasteiger partial charge < -0.3 is 10.1 Å². The summed E-state index contributed by atoms with van der Waals surface area (Å²) in [5.74, 6) is -0.313. The highest BCUT2D eigenvalue weighted by molar-refractivity contribution is 5.85. The van der Waals surface area contributed by atoms with E-state index in [1.54, 1.807) is 0 Å². The topological polar surface area (TPSA) is 55.4 Å². The molecule has 0 aromatic carbocycles. The van der Waals surface area contributed by atoms with E-state index in [1.807, 2.05) is 0 Å². The molecule has 4 nitrogen and oxygen atoms in total. The molecular weight excluding hydrogens is 302 g/mol. The monoisotopic (exact) mass is 337 g/mol. The van der Waals surface area contributed by atoms with Gasteiger partial charge in [-0.25, -0.2) is 4.79 Å². The van der Waals surface area contributed by atoms with Crippen LogP contribution in [0.3, 0.4) is 0 Å². The maximum atomic E-state index is 11.7. The summed E-state index contributed by atoms with van der Waals surface area (Å²) >= 11 is 0. The van der Waals surface area contributed by atoms with Crippen molar-refractivity contribution in [3.63, 3.8) is 0 Å². The first-order valence-corrected chi connectivity index (χ1v) is 9.85. The third-order valence-corrected chi connectivity index (χ3v) is 4.44. The highest BCUT2D eigenvalue weighted by Crippen LogP contribution is 2.10. The molecule has 1 saturated heterocycles. The molecule has 0 radical (unpaired) electrons. The summed E-state index contributed by atoms with van der Waals surface area (Å²) < 4.78 is 4.83. The number of rotatable bonds is 14. The first-order valence-electron chi connectivity index (χ1n) is 9.85. The van der Waals surface area contributed by atoms with E-state index in [4.69, 9.17) is 4.74 Å². The van der Waals surface area contributed by atoms with Crippen LogP contribution < -0.4 is 5.32 Å². The van der Waals surface area contributed by atoms with Crippen molar-refractivity contribution in [2.45, 2.75) is 96.4 Å². The number of nitrogens with one attached hydrogen (secondary N) is 1. The second kappa shape index (κ2) is 14.1. The number of esters is 1. The molecule has 1 unspecified atom stereocenters. The minimum absolute atomic E-state index is 0.0233. The summed E-state index contributed by atoms with van der Waals surface area (Å²) in [5.41, 5.74) is 0. The van der Waals surface area contributed by atoms with Gasteiger partial charge in [0.2, 0.25) is 5.91 Å². The van der Waals surface area contributed by atoms with Crippen LogP contribution in [0.2, 0.25) is 0 Å². The third kappa shape index (κ3) is 10.5. The van der Waals surface area contributed by atoms with Gasteiger partial charge in [0.1, 0.15) is 6.04 Å². The molecule has 1 amide bonds. The molecule has 1 heterocycles. The Morgan fingerprint density at radius 1 is 1.04 bits per heavy atom. The number of unbranched alkanes of at least 4 members (excludes halogenated alkanes) is 9. The van der Waals surface area contributed by atoms with Crippen LogP contribution in [-0.4, -0.2) is 24.5 Å². The van der Waals surface area contributed by atoms with Crippen LogP contribution in [0.5, 0.6) is 0 Å². The van der Waals surface area contributed by atoms with Crippen LogP contribution >= 0.6 is 0 Å². The second-order valence-corrected chi connectivity index (χ2v) is 6.70. The molecule has 0 aromatic heterocycles. The lowest BCUT2D eigenvalue weighted by molar-refractivity contribution is -0.141. The van der Waals surface area contributed by atoms with Gasteiger partial charge in [0, 0.05) is 12.8 Å². The van der Waals surface area contributed by atoms with Crippen molar-refractivity contribution >= 4 is 11.9 Å². The van der Waals surface area contributed by atoms with Crippen molar-refractivity contribution in [2.24, 2.45) is 0 Å². The lowest BCUT2D eigenvalue weighted by Gasteiger charge is -2.08. The van der Waals surface area contributed by atoms with Crippen LogP contribution in [0, 0.1) is 0 Å². The number of cyclic esters (lactones) is 1. The fourth-order valence-electron chi connectivity index (χ4n) is 2.90. The van der Waals surface area contributed by atoms with E-state index < -0.39 is 6.04 Å². The Labute approximate surface area is 147 Å². The largest absolute Gasteiger partial charge is 0.464 e. The molecule has 1 N–H and O–H groups in total. The molecule has 1 aliphatic rings. The lowest BCUT2D eigenvalue weighted by Crippen LogP contribution is -2.37. The Hall–Kier alpha value is -1.32. The number of amides is 1. The standard InChI is InChI=1S/C20H35NO3/c1-2-3-4-5-6-7-8-9-10-11-12-13-14-15-19(22)21-18-16-17-24-20(18)23/h7-8,18H,2-6,9-17H2,1H3,(H,21,22). The van der Waals surface area contributed by atoms with Crippen molar-refractivity contribution < 1.29 is 14.3 Å². The minimum atomic E-state index is -0.411. The van der Waals surface area contributed by atoms with Gasteiger partial charge in [-0.2, -0.15) is 0 Å². The van der Waals surface area contributed by atoms with Gasteiger partial charge in [-0.15, -0.1) is 0 Å². The van der Waals surface area contributed by atoms with E-state index >= 15 is 0 Å². The molecule has 0 bridgehead atoms. The first kappa shape index (κ1) is 20.7. The number of carbonyl (C=O) groups excluding carboxylic acids is 2. The maximum Gasteiger partial charge on any atom is 0.328 e. The summed E-state index contributed by atoms with van der Waals surface area (Å²) in [6.07, 6.45) is 19.2. The minimum Gasteiger partial charge on any atom is -0.464 e. The molecule has 0 saturated carbocycles. The molecule has 24 heavy (non-hydrogen) atoms. The Morgan fingerprint density at radius 3 is 2.29 bits per heavy atom. The molecule has 4 heteroatoms. The zero-order chi connectivity index (χ0) is 17.5. The van der Waals surface area contributed by atoms with Crippen LogP contribution in [0.15, 0.2) is 12.2 Å². The summed E-state index contributed by atoms with van der Waals surface area (Å²) in [7, 11) is 0. The highest BCUT2D eigenvalue weighted by atomic mass is 16.5. The van der Waals surface area contributed by atoms with Gasteiger partial charge in [0.15, 0.2) is 0 Å².